The molecule has 1 aliphatic carbocycles. The Kier molecular flexibility index (Phi) is 3.24. The topological polar surface area (TPSA) is 45.2 Å². The SMILES string of the molecule is Cc1csc(N2CCCC(NC(=O)C3CC3)C2)n1. The maximum Gasteiger partial charge on any atom is 0.223 e. The van der Waals surface area contributed by atoms with E-state index in [2.05, 4.69) is 20.6 Å². The number of thiazole rings is 1. The number of piperidine rings is 1. The van der Waals surface area contributed by atoms with E-state index >= 15 is 0 Å². The Balaban J connectivity index is 1.59. The standard InChI is InChI=1S/C13H19N3OS/c1-9-8-18-13(14-9)16-6-2-3-11(7-16)15-12(17)10-4-5-10/h8,10-11H,2-7H2,1H3,(H,15,17). The highest BCUT2D eigenvalue weighted by Gasteiger charge is 2.32. The minimum absolute atomic E-state index is 0.261. The Hall–Kier alpha value is -1.10. The van der Waals surface area contributed by atoms with E-state index in [1.165, 1.54) is 0 Å². The molecule has 98 valence electrons. The molecule has 1 N–H and O–H groups in total. The van der Waals surface area contributed by atoms with E-state index in [-0.39, 0.29) is 5.91 Å². The number of amides is 1. The second-order valence-electron chi connectivity index (χ2n) is 5.34. The van der Waals surface area contributed by atoms with Gasteiger partial charge in [0, 0.05) is 30.4 Å². The van der Waals surface area contributed by atoms with Crippen LogP contribution in [0.15, 0.2) is 5.38 Å². The van der Waals surface area contributed by atoms with Crippen molar-refractivity contribution in [1.82, 2.24) is 10.3 Å². The number of aromatic nitrogens is 1. The molecule has 4 nitrogen and oxygen atoms in total. The Morgan fingerprint density at radius 3 is 3.00 bits per heavy atom. The average molecular weight is 265 g/mol. The zero-order chi connectivity index (χ0) is 12.5. The largest absolute Gasteiger partial charge is 0.351 e. The van der Waals surface area contributed by atoms with Crippen LogP contribution in [-0.4, -0.2) is 30.0 Å². The fourth-order valence-corrected chi connectivity index (χ4v) is 3.26. The van der Waals surface area contributed by atoms with Crippen molar-refractivity contribution in [3.8, 4) is 0 Å². The summed E-state index contributed by atoms with van der Waals surface area (Å²) in [5.74, 6) is 0.569. The van der Waals surface area contributed by atoms with Gasteiger partial charge >= 0.3 is 0 Å². The van der Waals surface area contributed by atoms with Crippen LogP contribution in [0.3, 0.4) is 0 Å². The molecule has 18 heavy (non-hydrogen) atoms. The van der Waals surface area contributed by atoms with Gasteiger partial charge in [-0.05, 0) is 32.6 Å². The molecule has 5 heteroatoms. The van der Waals surface area contributed by atoms with Crippen LogP contribution in [-0.2, 0) is 4.79 Å². The van der Waals surface area contributed by atoms with Crippen LogP contribution in [0, 0.1) is 12.8 Å². The van der Waals surface area contributed by atoms with E-state index in [0.29, 0.717) is 12.0 Å². The lowest BCUT2D eigenvalue weighted by Gasteiger charge is -2.33. The third-order valence-corrected chi connectivity index (χ3v) is 4.61. The fourth-order valence-electron chi connectivity index (χ4n) is 2.42. The molecule has 1 saturated carbocycles. The number of nitrogens with one attached hydrogen (secondary N) is 1. The normalized spacial score (nSPS) is 24.1. The molecule has 0 aromatic carbocycles. The molecular weight excluding hydrogens is 246 g/mol. The van der Waals surface area contributed by atoms with Gasteiger partial charge in [0.05, 0.1) is 5.69 Å². The molecule has 0 bridgehead atoms. The predicted octanol–water partition coefficient (Wildman–Crippen LogP) is 1.95. The molecule has 0 radical (unpaired) electrons. The van der Waals surface area contributed by atoms with Crippen molar-refractivity contribution in [2.24, 2.45) is 5.92 Å². The molecule has 0 spiro atoms. The van der Waals surface area contributed by atoms with Crippen molar-refractivity contribution >= 4 is 22.4 Å². The number of rotatable bonds is 3. The van der Waals surface area contributed by atoms with Crippen LogP contribution in [0.2, 0.25) is 0 Å². The van der Waals surface area contributed by atoms with Gasteiger partial charge in [0.15, 0.2) is 5.13 Å². The minimum Gasteiger partial charge on any atom is -0.351 e. The van der Waals surface area contributed by atoms with Gasteiger partial charge in [-0.3, -0.25) is 4.79 Å². The van der Waals surface area contributed by atoms with Gasteiger partial charge in [0.1, 0.15) is 0 Å². The van der Waals surface area contributed by atoms with Crippen molar-refractivity contribution < 1.29 is 4.79 Å². The maximum atomic E-state index is 11.8. The number of nitrogens with zero attached hydrogens (tertiary/aromatic N) is 2. The summed E-state index contributed by atoms with van der Waals surface area (Å²) in [6, 6.07) is 0.302. The monoisotopic (exact) mass is 265 g/mol. The molecular formula is C13H19N3OS. The number of hydrogen-bond acceptors (Lipinski definition) is 4. The lowest BCUT2D eigenvalue weighted by Crippen LogP contribution is -2.48. The van der Waals surface area contributed by atoms with Crippen LogP contribution in [0.1, 0.15) is 31.4 Å². The third kappa shape index (κ3) is 2.66. The molecule has 1 saturated heterocycles. The average Bonchev–Trinajstić information content (AvgIpc) is 3.12. The smallest absolute Gasteiger partial charge is 0.223 e. The second-order valence-corrected chi connectivity index (χ2v) is 6.18. The molecule has 1 aromatic heterocycles. The highest BCUT2D eigenvalue weighted by atomic mass is 32.1. The number of carbonyl (C=O) groups is 1. The summed E-state index contributed by atoms with van der Waals surface area (Å²) in [4.78, 5) is 18.6. The predicted molar refractivity (Wildman–Crippen MR) is 73.0 cm³/mol. The van der Waals surface area contributed by atoms with Crippen LogP contribution in [0.4, 0.5) is 5.13 Å². The van der Waals surface area contributed by atoms with E-state index in [9.17, 15) is 4.79 Å². The van der Waals surface area contributed by atoms with Gasteiger partial charge in [0.25, 0.3) is 0 Å². The van der Waals surface area contributed by atoms with Crippen LogP contribution in [0.25, 0.3) is 0 Å². The zero-order valence-corrected chi connectivity index (χ0v) is 11.5. The van der Waals surface area contributed by atoms with Gasteiger partial charge in [-0.25, -0.2) is 4.98 Å². The number of aryl methyl sites for hydroxylation is 1. The van der Waals surface area contributed by atoms with Gasteiger partial charge in [-0.1, -0.05) is 0 Å². The molecule has 1 unspecified atom stereocenters. The molecule has 1 amide bonds. The summed E-state index contributed by atoms with van der Waals surface area (Å²) in [5, 5.41) is 6.36. The van der Waals surface area contributed by atoms with Crippen LogP contribution < -0.4 is 10.2 Å². The molecule has 2 heterocycles. The first-order chi connectivity index (χ1) is 8.72. The van der Waals surface area contributed by atoms with Gasteiger partial charge in [-0.2, -0.15) is 0 Å². The molecule has 1 aliphatic heterocycles. The summed E-state index contributed by atoms with van der Waals surface area (Å²) >= 11 is 1.70. The Morgan fingerprint density at radius 1 is 1.50 bits per heavy atom. The van der Waals surface area contributed by atoms with Gasteiger partial charge in [-0.15, -0.1) is 11.3 Å². The van der Waals surface area contributed by atoms with Crippen molar-refractivity contribution in [3.05, 3.63) is 11.1 Å². The number of anilines is 1. The molecule has 2 aliphatic rings. The lowest BCUT2D eigenvalue weighted by molar-refractivity contribution is -0.123. The van der Waals surface area contributed by atoms with Crippen LogP contribution >= 0.6 is 11.3 Å². The maximum absolute atomic E-state index is 11.8. The first-order valence-electron chi connectivity index (χ1n) is 6.70. The van der Waals surface area contributed by atoms with E-state index in [4.69, 9.17) is 0 Å². The highest BCUT2D eigenvalue weighted by molar-refractivity contribution is 7.13. The zero-order valence-electron chi connectivity index (χ0n) is 10.7. The second kappa shape index (κ2) is 4.88. The summed E-state index contributed by atoms with van der Waals surface area (Å²) in [6.07, 6.45) is 4.38. The summed E-state index contributed by atoms with van der Waals surface area (Å²) < 4.78 is 0. The number of carbonyl (C=O) groups excluding carboxylic acids is 1. The van der Waals surface area contributed by atoms with Crippen molar-refractivity contribution in [1.29, 1.82) is 0 Å². The van der Waals surface area contributed by atoms with Gasteiger partial charge < -0.3 is 10.2 Å². The van der Waals surface area contributed by atoms with Crippen molar-refractivity contribution in [2.45, 2.75) is 38.6 Å². The van der Waals surface area contributed by atoms with E-state index in [1.54, 1.807) is 11.3 Å². The summed E-state index contributed by atoms with van der Waals surface area (Å²) in [7, 11) is 0. The lowest BCUT2D eigenvalue weighted by atomic mass is 10.1. The van der Waals surface area contributed by atoms with E-state index < -0.39 is 0 Å². The van der Waals surface area contributed by atoms with E-state index in [0.717, 1.165) is 49.6 Å². The molecule has 3 rings (SSSR count). The van der Waals surface area contributed by atoms with E-state index in [1.807, 2.05) is 6.92 Å². The number of hydrogen-bond donors (Lipinski definition) is 1. The summed E-state index contributed by atoms with van der Waals surface area (Å²) in [6.45, 7) is 3.99. The van der Waals surface area contributed by atoms with Crippen molar-refractivity contribution in [3.63, 3.8) is 0 Å². The first kappa shape index (κ1) is 12.0. The van der Waals surface area contributed by atoms with Gasteiger partial charge in [0.2, 0.25) is 5.91 Å². The molecule has 1 atom stereocenters. The molecule has 2 fully saturated rings. The quantitative estimate of drug-likeness (QED) is 0.908. The first-order valence-corrected chi connectivity index (χ1v) is 7.58. The highest BCUT2D eigenvalue weighted by Crippen LogP contribution is 2.29. The minimum atomic E-state index is 0.261. The van der Waals surface area contributed by atoms with Crippen LogP contribution in [0.5, 0.6) is 0 Å². The summed E-state index contributed by atoms with van der Waals surface area (Å²) in [5.41, 5.74) is 1.08. The third-order valence-electron chi connectivity index (χ3n) is 3.59. The Morgan fingerprint density at radius 2 is 2.33 bits per heavy atom. The Bertz CT molecular complexity index is 441. The fraction of sp³-hybridized carbons (Fsp3) is 0.692. The molecule has 1 aromatic rings. The van der Waals surface area contributed by atoms with Crippen molar-refractivity contribution in [2.75, 3.05) is 18.0 Å². The Labute approximate surface area is 111 Å².